The Balaban J connectivity index is 1.87. The molecule has 0 aliphatic carbocycles. The van der Waals surface area contributed by atoms with Gasteiger partial charge in [0.05, 0.1) is 22.9 Å². The first-order valence-electron chi connectivity index (χ1n) is 6.28. The maximum atomic E-state index is 13.1. The molecule has 0 spiro atoms. The number of carbonyl (C=O) groups is 1. The fourth-order valence-electron chi connectivity index (χ4n) is 1.92. The number of hydrogen-bond donors (Lipinski definition) is 1. The van der Waals surface area contributed by atoms with Crippen LogP contribution in [-0.2, 0) is 0 Å². The highest BCUT2D eigenvalue weighted by Gasteiger charge is 2.13. The predicted octanol–water partition coefficient (Wildman–Crippen LogP) is 4.46. The van der Waals surface area contributed by atoms with Crippen molar-refractivity contribution in [3.8, 4) is 5.75 Å². The van der Waals surface area contributed by atoms with Crippen LogP contribution in [0.15, 0.2) is 40.9 Å². The second kappa shape index (κ2) is 6.02. The van der Waals surface area contributed by atoms with Crippen LogP contribution in [-0.4, -0.2) is 18.0 Å². The lowest BCUT2D eigenvalue weighted by atomic mass is 10.2. The van der Waals surface area contributed by atoms with Gasteiger partial charge in [0.1, 0.15) is 11.6 Å². The van der Waals surface area contributed by atoms with Crippen molar-refractivity contribution in [2.24, 2.45) is 0 Å². The summed E-state index contributed by atoms with van der Waals surface area (Å²) in [6.45, 7) is 0. The van der Waals surface area contributed by atoms with E-state index in [9.17, 15) is 9.18 Å². The van der Waals surface area contributed by atoms with Crippen LogP contribution in [0.5, 0.6) is 5.75 Å². The van der Waals surface area contributed by atoms with Crippen LogP contribution in [0.1, 0.15) is 10.4 Å². The zero-order chi connectivity index (χ0) is 15.7. The number of benzene rings is 2. The first-order chi connectivity index (χ1) is 10.6. The Morgan fingerprint density at radius 1 is 1.32 bits per heavy atom. The number of thiazole rings is 1. The van der Waals surface area contributed by atoms with Crippen LogP contribution in [0.3, 0.4) is 0 Å². The minimum atomic E-state index is -0.407. The van der Waals surface area contributed by atoms with Crippen molar-refractivity contribution in [1.82, 2.24) is 4.98 Å². The zero-order valence-corrected chi connectivity index (χ0v) is 13.8. The molecule has 0 fully saturated rings. The molecule has 0 bridgehead atoms. The third-order valence-corrected chi connectivity index (χ3v) is 4.58. The molecule has 1 amide bonds. The Morgan fingerprint density at radius 2 is 2.14 bits per heavy atom. The smallest absolute Gasteiger partial charge is 0.258 e. The summed E-state index contributed by atoms with van der Waals surface area (Å²) < 4.78 is 19.5. The molecule has 7 heteroatoms. The molecule has 0 saturated heterocycles. The molecule has 0 unspecified atom stereocenters. The Labute approximate surface area is 138 Å². The van der Waals surface area contributed by atoms with Gasteiger partial charge in [-0.1, -0.05) is 11.3 Å². The van der Waals surface area contributed by atoms with Crippen molar-refractivity contribution in [1.29, 1.82) is 0 Å². The van der Waals surface area contributed by atoms with Gasteiger partial charge in [0.15, 0.2) is 5.13 Å². The summed E-state index contributed by atoms with van der Waals surface area (Å²) in [4.78, 5) is 16.6. The molecule has 22 heavy (non-hydrogen) atoms. The molecule has 1 N–H and O–H groups in total. The number of methoxy groups -OCH3 is 1. The Morgan fingerprint density at radius 3 is 2.86 bits per heavy atom. The van der Waals surface area contributed by atoms with Crippen molar-refractivity contribution >= 4 is 48.5 Å². The molecule has 2 aromatic carbocycles. The minimum Gasteiger partial charge on any atom is -0.497 e. The summed E-state index contributed by atoms with van der Waals surface area (Å²) in [5, 5.41) is 3.20. The summed E-state index contributed by atoms with van der Waals surface area (Å²) in [5.74, 6) is -0.0243. The highest BCUT2D eigenvalue weighted by molar-refractivity contribution is 9.10. The fraction of sp³-hybridized carbons (Fsp3) is 0.0667. The van der Waals surface area contributed by atoms with E-state index >= 15 is 0 Å². The number of nitrogens with one attached hydrogen (secondary N) is 1. The van der Waals surface area contributed by atoms with Crippen molar-refractivity contribution in [3.05, 3.63) is 52.3 Å². The van der Waals surface area contributed by atoms with Gasteiger partial charge < -0.3 is 4.74 Å². The number of amides is 1. The van der Waals surface area contributed by atoms with Crippen LogP contribution in [0.2, 0.25) is 0 Å². The van der Waals surface area contributed by atoms with E-state index in [1.54, 1.807) is 7.11 Å². The molecule has 1 aromatic heterocycles. The van der Waals surface area contributed by atoms with E-state index < -0.39 is 5.82 Å². The molecular weight excluding hydrogens is 371 g/mol. The van der Waals surface area contributed by atoms with Crippen molar-refractivity contribution in [2.45, 2.75) is 0 Å². The van der Waals surface area contributed by atoms with Crippen LogP contribution in [0.4, 0.5) is 9.52 Å². The topological polar surface area (TPSA) is 51.2 Å². The summed E-state index contributed by atoms with van der Waals surface area (Å²) in [6, 6.07) is 9.40. The summed E-state index contributed by atoms with van der Waals surface area (Å²) in [7, 11) is 1.59. The van der Waals surface area contributed by atoms with E-state index in [1.165, 1.54) is 29.5 Å². The number of anilines is 1. The van der Waals surface area contributed by atoms with Gasteiger partial charge in [0, 0.05) is 4.47 Å². The first kappa shape index (κ1) is 14.9. The third-order valence-electron chi connectivity index (χ3n) is 2.99. The van der Waals surface area contributed by atoms with Gasteiger partial charge in [0.2, 0.25) is 0 Å². The minimum absolute atomic E-state index is 0.346. The number of rotatable bonds is 3. The number of aromatic nitrogens is 1. The quantitative estimate of drug-likeness (QED) is 0.729. The summed E-state index contributed by atoms with van der Waals surface area (Å²) >= 11 is 4.53. The fourth-order valence-corrected chi connectivity index (χ4v) is 3.34. The highest BCUT2D eigenvalue weighted by Crippen LogP contribution is 2.29. The average Bonchev–Trinajstić information content (AvgIpc) is 2.87. The number of fused-ring (bicyclic) bond motifs is 1. The van der Waals surface area contributed by atoms with E-state index in [1.807, 2.05) is 18.2 Å². The molecule has 0 atom stereocenters. The van der Waals surface area contributed by atoms with Crippen LogP contribution < -0.4 is 10.1 Å². The van der Waals surface area contributed by atoms with Gasteiger partial charge in [0.25, 0.3) is 5.91 Å². The predicted molar refractivity (Wildman–Crippen MR) is 88.2 cm³/mol. The summed E-state index contributed by atoms with van der Waals surface area (Å²) in [5.41, 5.74) is 1.12. The van der Waals surface area contributed by atoms with E-state index in [4.69, 9.17) is 4.74 Å². The molecule has 0 aliphatic heterocycles. The van der Waals surface area contributed by atoms with E-state index in [2.05, 4.69) is 26.2 Å². The lowest BCUT2D eigenvalue weighted by Crippen LogP contribution is -2.12. The Bertz CT molecular complexity index is 866. The molecule has 112 valence electrons. The number of hydrogen-bond acceptors (Lipinski definition) is 4. The number of nitrogens with zero attached hydrogens (tertiary/aromatic N) is 1. The van der Waals surface area contributed by atoms with Crippen LogP contribution in [0.25, 0.3) is 10.2 Å². The number of halogens is 2. The van der Waals surface area contributed by atoms with Gasteiger partial charge in [-0.15, -0.1) is 0 Å². The molecule has 4 nitrogen and oxygen atoms in total. The van der Waals surface area contributed by atoms with Gasteiger partial charge >= 0.3 is 0 Å². The summed E-state index contributed by atoms with van der Waals surface area (Å²) in [6.07, 6.45) is 0. The van der Waals surface area contributed by atoms with Gasteiger partial charge in [-0.25, -0.2) is 9.37 Å². The van der Waals surface area contributed by atoms with E-state index in [0.717, 1.165) is 16.0 Å². The molecule has 0 saturated carbocycles. The molecule has 3 aromatic rings. The second-order valence-electron chi connectivity index (χ2n) is 4.43. The molecule has 0 radical (unpaired) electrons. The Hall–Kier alpha value is -1.99. The zero-order valence-electron chi connectivity index (χ0n) is 11.4. The van der Waals surface area contributed by atoms with Gasteiger partial charge in [-0.2, -0.15) is 0 Å². The number of ether oxygens (including phenoxy) is 1. The molecule has 3 rings (SSSR count). The van der Waals surface area contributed by atoms with E-state index in [0.29, 0.717) is 15.2 Å². The second-order valence-corrected chi connectivity index (χ2v) is 6.32. The normalized spacial score (nSPS) is 10.7. The largest absolute Gasteiger partial charge is 0.497 e. The lowest BCUT2D eigenvalue weighted by molar-refractivity contribution is 0.102. The molecule has 0 aliphatic rings. The maximum absolute atomic E-state index is 13.1. The Kier molecular flexibility index (Phi) is 4.08. The average molecular weight is 381 g/mol. The molecular formula is C15H10BrFN2O2S. The van der Waals surface area contributed by atoms with Crippen molar-refractivity contribution in [2.75, 3.05) is 12.4 Å². The van der Waals surface area contributed by atoms with Crippen LogP contribution in [0, 0.1) is 5.82 Å². The standard InChI is InChI=1S/C15H10BrFN2O2S/c1-21-9-3-5-12-13(7-9)22-15(18-12)19-14(20)10-4-2-8(17)6-11(10)16/h2-7H,1H3,(H,18,19,20). The van der Waals surface area contributed by atoms with Gasteiger partial charge in [-0.3, -0.25) is 10.1 Å². The van der Waals surface area contributed by atoms with Crippen molar-refractivity contribution in [3.63, 3.8) is 0 Å². The maximum Gasteiger partial charge on any atom is 0.258 e. The lowest BCUT2D eigenvalue weighted by Gasteiger charge is -2.03. The highest BCUT2D eigenvalue weighted by atomic mass is 79.9. The van der Waals surface area contributed by atoms with Crippen molar-refractivity contribution < 1.29 is 13.9 Å². The van der Waals surface area contributed by atoms with Crippen LogP contribution >= 0.6 is 27.3 Å². The number of carbonyl (C=O) groups excluding carboxylic acids is 1. The monoisotopic (exact) mass is 380 g/mol. The SMILES string of the molecule is COc1ccc2nc(NC(=O)c3ccc(F)cc3Br)sc2c1. The molecule has 1 heterocycles. The third kappa shape index (κ3) is 2.95. The van der Waals surface area contributed by atoms with Gasteiger partial charge in [-0.05, 0) is 52.3 Å². The van der Waals surface area contributed by atoms with E-state index in [-0.39, 0.29) is 5.91 Å². The first-order valence-corrected chi connectivity index (χ1v) is 7.89.